The smallest absolute Gasteiger partial charge is 0.119 e. The monoisotopic (exact) mass is 362 g/mol. The summed E-state index contributed by atoms with van der Waals surface area (Å²) < 4.78 is 5.68. The quantitative estimate of drug-likeness (QED) is 0.402. The van der Waals surface area contributed by atoms with Gasteiger partial charge in [-0.25, -0.2) is 0 Å². The van der Waals surface area contributed by atoms with Crippen molar-refractivity contribution in [3.63, 3.8) is 0 Å². The van der Waals surface area contributed by atoms with Crippen LogP contribution in [0.5, 0.6) is 5.75 Å². The van der Waals surface area contributed by atoms with Crippen LogP contribution < -0.4 is 15.8 Å². The first-order chi connectivity index (χ1) is 13.2. The highest BCUT2D eigenvalue weighted by Crippen LogP contribution is 2.22. The highest BCUT2D eigenvalue weighted by molar-refractivity contribution is 5.63. The van der Waals surface area contributed by atoms with Crippen molar-refractivity contribution in [1.82, 2.24) is 5.32 Å². The van der Waals surface area contributed by atoms with Crippen molar-refractivity contribution in [3.05, 3.63) is 84.4 Å². The molecule has 0 heterocycles. The third-order valence-corrected chi connectivity index (χ3v) is 4.35. The molecule has 3 rings (SSSR count). The van der Waals surface area contributed by atoms with Crippen molar-refractivity contribution in [2.45, 2.75) is 12.5 Å². The molecule has 0 spiro atoms. The van der Waals surface area contributed by atoms with E-state index in [9.17, 15) is 5.11 Å². The van der Waals surface area contributed by atoms with E-state index in [4.69, 9.17) is 10.5 Å². The van der Waals surface area contributed by atoms with Crippen LogP contribution in [0.2, 0.25) is 0 Å². The molecule has 0 unspecified atom stereocenters. The standard InChI is InChI=1S/C23H26N2O2/c24-21-10-6-18(7-11-21)14-15-25-16-22(26)17-27-23-12-8-20(9-13-23)19-4-2-1-3-5-19/h1-13,22,25-26H,14-17,24H2/t22-/m0/s1. The van der Waals surface area contributed by atoms with E-state index in [0.29, 0.717) is 6.54 Å². The van der Waals surface area contributed by atoms with Gasteiger partial charge in [0.1, 0.15) is 18.5 Å². The summed E-state index contributed by atoms with van der Waals surface area (Å²) in [4.78, 5) is 0. The Kier molecular flexibility index (Phi) is 6.85. The minimum Gasteiger partial charge on any atom is -0.491 e. The Balaban J connectivity index is 1.36. The molecule has 0 aliphatic carbocycles. The van der Waals surface area contributed by atoms with E-state index in [1.165, 1.54) is 11.1 Å². The number of aliphatic hydroxyl groups excluding tert-OH is 1. The number of nitrogens with two attached hydrogens (primary N) is 1. The number of rotatable bonds is 9. The number of hydrogen-bond donors (Lipinski definition) is 3. The van der Waals surface area contributed by atoms with Gasteiger partial charge in [0.25, 0.3) is 0 Å². The number of nitrogens with one attached hydrogen (secondary N) is 1. The Morgan fingerprint density at radius 3 is 2.22 bits per heavy atom. The molecule has 4 nitrogen and oxygen atoms in total. The van der Waals surface area contributed by atoms with Gasteiger partial charge in [0.2, 0.25) is 0 Å². The third-order valence-electron chi connectivity index (χ3n) is 4.35. The first-order valence-corrected chi connectivity index (χ1v) is 9.22. The fraction of sp³-hybridized carbons (Fsp3) is 0.217. The SMILES string of the molecule is Nc1ccc(CCNC[C@H](O)COc2ccc(-c3ccccc3)cc2)cc1. The lowest BCUT2D eigenvalue weighted by atomic mass is 10.1. The Morgan fingerprint density at radius 2 is 1.52 bits per heavy atom. The lowest BCUT2D eigenvalue weighted by molar-refractivity contribution is 0.106. The van der Waals surface area contributed by atoms with Crippen LogP contribution in [0.15, 0.2) is 78.9 Å². The van der Waals surface area contributed by atoms with E-state index in [1.807, 2.05) is 66.7 Å². The third kappa shape index (κ3) is 6.13. The van der Waals surface area contributed by atoms with Gasteiger partial charge in [-0.05, 0) is 53.9 Å². The zero-order valence-corrected chi connectivity index (χ0v) is 15.3. The average molecular weight is 362 g/mol. The van der Waals surface area contributed by atoms with Crippen LogP contribution in [0.3, 0.4) is 0 Å². The normalized spacial score (nSPS) is 11.9. The van der Waals surface area contributed by atoms with Gasteiger partial charge in [-0.2, -0.15) is 0 Å². The van der Waals surface area contributed by atoms with E-state index in [2.05, 4.69) is 17.4 Å². The van der Waals surface area contributed by atoms with Crippen molar-refractivity contribution < 1.29 is 9.84 Å². The summed E-state index contributed by atoms with van der Waals surface area (Å²) in [7, 11) is 0. The lowest BCUT2D eigenvalue weighted by Gasteiger charge is -2.14. The number of benzene rings is 3. The maximum absolute atomic E-state index is 10.1. The number of aliphatic hydroxyl groups is 1. The summed E-state index contributed by atoms with van der Waals surface area (Å²) in [6.07, 6.45) is 0.347. The van der Waals surface area contributed by atoms with Gasteiger partial charge in [0.05, 0.1) is 0 Å². The lowest BCUT2D eigenvalue weighted by Crippen LogP contribution is -2.32. The van der Waals surface area contributed by atoms with Crippen LogP contribution in [-0.4, -0.2) is 30.9 Å². The number of nitrogen functional groups attached to an aromatic ring is 1. The Bertz CT molecular complexity index is 802. The summed E-state index contributed by atoms with van der Waals surface area (Å²) >= 11 is 0. The fourth-order valence-corrected chi connectivity index (χ4v) is 2.81. The molecule has 0 amide bonds. The van der Waals surface area contributed by atoms with Gasteiger partial charge in [0, 0.05) is 12.2 Å². The van der Waals surface area contributed by atoms with E-state index >= 15 is 0 Å². The highest BCUT2D eigenvalue weighted by Gasteiger charge is 2.05. The van der Waals surface area contributed by atoms with Crippen molar-refractivity contribution in [3.8, 4) is 16.9 Å². The molecule has 0 aromatic heterocycles. The highest BCUT2D eigenvalue weighted by atomic mass is 16.5. The zero-order chi connectivity index (χ0) is 18.9. The van der Waals surface area contributed by atoms with Crippen molar-refractivity contribution in [2.75, 3.05) is 25.4 Å². The predicted octanol–water partition coefficient (Wildman–Crippen LogP) is 3.51. The molecular weight excluding hydrogens is 336 g/mol. The topological polar surface area (TPSA) is 67.5 Å². The minimum absolute atomic E-state index is 0.263. The Hall–Kier alpha value is -2.82. The summed E-state index contributed by atoms with van der Waals surface area (Å²) in [5, 5.41) is 13.3. The molecule has 0 saturated heterocycles. The van der Waals surface area contributed by atoms with E-state index in [0.717, 1.165) is 30.0 Å². The second kappa shape index (κ2) is 9.76. The van der Waals surface area contributed by atoms with E-state index in [-0.39, 0.29) is 6.61 Å². The number of ether oxygens (including phenoxy) is 1. The molecule has 4 heteroatoms. The molecule has 0 aliphatic heterocycles. The van der Waals surface area contributed by atoms with Gasteiger partial charge >= 0.3 is 0 Å². The van der Waals surface area contributed by atoms with Gasteiger partial charge in [-0.1, -0.05) is 54.6 Å². The molecular formula is C23H26N2O2. The minimum atomic E-state index is -0.551. The van der Waals surface area contributed by atoms with Gasteiger partial charge in [-0.15, -0.1) is 0 Å². The zero-order valence-electron chi connectivity index (χ0n) is 15.3. The van der Waals surface area contributed by atoms with Crippen LogP contribution >= 0.6 is 0 Å². The Labute approximate surface area is 160 Å². The molecule has 3 aromatic rings. The second-order valence-electron chi connectivity index (χ2n) is 6.55. The predicted molar refractivity (Wildman–Crippen MR) is 111 cm³/mol. The van der Waals surface area contributed by atoms with Crippen LogP contribution in [0.4, 0.5) is 5.69 Å². The Morgan fingerprint density at radius 1 is 0.852 bits per heavy atom. The van der Waals surface area contributed by atoms with Crippen molar-refractivity contribution in [2.24, 2.45) is 0 Å². The molecule has 140 valence electrons. The summed E-state index contributed by atoms with van der Waals surface area (Å²) in [6, 6.07) is 26.0. The summed E-state index contributed by atoms with van der Waals surface area (Å²) in [6.45, 7) is 1.56. The van der Waals surface area contributed by atoms with E-state index in [1.54, 1.807) is 0 Å². The number of anilines is 1. The first-order valence-electron chi connectivity index (χ1n) is 9.22. The molecule has 0 bridgehead atoms. The van der Waals surface area contributed by atoms with Crippen LogP contribution in [-0.2, 0) is 6.42 Å². The molecule has 0 aliphatic rings. The van der Waals surface area contributed by atoms with Crippen LogP contribution in [0, 0.1) is 0 Å². The van der Waals surface area contributed by atoms with Gasteiger partial charge in [0.15, 0.2) is 0 Å². The molecule has 0 saturated carbocycles. The molecule has 4 N–H and O–H groups in total. The largest absolute Gasteiger partial charge is 0.491 e. The molecule has 3 aromatic carbocycles. The average Bonchev–Trinajstić information content (AvgIpc) is 2.72. The summed E-state index contributed by atoms with van der Waals surface area (Å²) in [5.41, 5.74) is 10.00. The maximum atomic E-state index is 10.1. The maximum Gasteiger partial charge on any atom is 0.119 e. The fourth-order valence-electron chi connectivity index (χ4n) is 2.81. The van der Waals surface area contributed by atoms with Crippen LogP contribution in [0.25, 0.3) is 11.1 Å². The first kappa shape index (κ1) is 19.0. The second-order valence-corrected chi connectivity index (χ2v) is 6.55. The number of hydrogen-bond acceptors (Lipinski definition) is 4. The van der Waals surface area contributed by atoms with Gasteiger partial charge < -0.3 is 20.9 Å². The van der Waals surface area contributed by atoms with Gasteiger partial charge in [-0.3, -0.25) is 0 Å². The molecule has 27 heavy (non-hydrogen) atoms. The van der Waals surface area contributed by atoms with Crippen molar-refractivity contribution in [1.29, 1.82) is 0 Å². The molecule has 1 atom stereocenters. The van der Waals surface area contributed by atoms with Crippen LogP contribution in [0.1, 0.15) is 5.56 Å². The molecule has 0 radical (unpaired) electrons. The van der Waals surface area contributed by atoms with E-state index < -0.39 is 6.10 Å². The molecule has 0 fully saturated rings. The van der Waals surface area contributed by atoms with Crippen molar-refractivity contribution >= 4 is 5.69 Å². The summed E-state index contributed by atoms with van der Waals surface area (Å²) in [5.74, 6) is 0.760.